The van der Waals surface area contributed by atoms with E-state index < -0.39 is 0 Å². The smallest absolute Gasteiger partial charge is 0.0602 e. The van der Waals surface area contributed by atoms with Gasteiger partial charge in [0, 0.05) is 0 Å². The van der Waals surface area contributed by atoms with E-state index in [1.807, 2.05) is 0 Å². The van der Waals surface area contributed by atoms with Gasteiger partial charge in [0.05, 0.1) is 12.2 Å². The molecule has 0 aromatic heterocycles. The fourth-order valence-corrected chi connectivity index (χ4v) is 5.55. The first-order valence-corrected chi connectivity index (χ1v) is 9.27. The highest BCUT2D eigenvalue weighted by Crippen LogP contribution is 2.58. The minimum atomic E-state index is -0.360. The highest BCUT2D eigenvalue weighted by molar-refractivity contribution is 5.26. The second-order valence-electron chi connectivity index (χ2n) is 8.11. The summed E-state index contributed by atoms with van der Waals surface area (Å²) in [4.78, 5) is 0. The van der Waals surface area contributed by atoms with E-state index in [-0.39, 0.29) is 12.2 Å². The van der Waals surface area contributed by atoms with E-state index in [1.165, 1.54) is 44.1 Å². The molecule has 0 aromatic carbocycles. The topological polar surface area (TPSA) is 40.5 Å². The summed E-state index contributed by atoms with van der Waals surface area (Å²) < 4.78 is 0. The van der Waals surface area contributed by atoms with Gasteiger partial charge in [0.2, 0.25) is 0 Å². The van der Waals surface area contributed by atoms with Crippen molar-refractivity contribution in [2.75, 3.05) is 0 Å². The zero-order valence-electron chi connectivity index (χ0n) is 14.2. The average Bonchev–Trinajstić information content (AvgIpc) is 2.80. The lowest BCUT2D eigenvalue weighted by Gasteiger charge is -2.42. The van der Waals surface area contributed by atoms with Gasteiger partial charge < -0.3 is 10.2 Å². The summed E-state index contributed by atoms with van der Waals surface area (Å²) in [6.45, 7) is 4.87. The van der Waals surface area contributed by atoms with E-state index in [4.69, 9.17) is 0 Å². The van der Waals surface area contributed by atoms with E-state index >= 15 is 0 Å². The van der Waals surface area contributed by atoms with Gasteiger partial charge in [0.15, 0.2) is 0 Å². The second kappa shape index (κ2) is 6.49. The molecule has 0 bridgehead atoms. The van der Waals surface area contributed by atoms with Crippen LogP contribution < -0.4 is 0 Å². The summed E-state index contributed by atoms with van der Waals surface area (Å²) in [5.41, 5.74) is 3.37. The SMILES string of the molecule is CC[C@H]1CC[C@H]2/C(=C/C=C3C[C@@H](O)C[C@H](O)C3)CCC[C@]12C. The zero-order chi connectivity index (χ0) is 15.7. The molecule has 0 aromatic rings. The molecule has 0 saturated heterocycles. The Labute approximate surface area is 135 Å². The van der Waals surface area contributed by atoms with Gasteiger partial charge in [-0.2, -0.15) is 0 Å². The zero-order valence-corrected chi connectivity index (χ0v) is 14.2. The fourth-order valence-electron chi connectivity index (χ4n) is 5.55. The molecule has 2 nitrogen and oxygen atoms in total. The molecule has 0 spiro atoms. The first kappa shape index (κ1) is 16.3. The van der Waals surface area contributed by atoms with Crippen LogP contribution in [0.25, 0.3) is 0 Å². The van der Waals surface area contributed by atoms with Gasteiger partial charge in [-0.3, -0.25) is 0 Å². The summed E-state index contributed by atoms with van der Waals surface area (Å²) in [6.07, 6.45) is 13.9. The number of hydrogen-bond acceptors (Lipinski definition) is 2. The lowest BCUT2D eigenvalue weighted by Crippen LogP contribution is -2.32. The predicted molar refractivity (Wildman–Crippen MR) is 90.5 cm³/mol. The van der Waals surface area contributed by atoms with Crippen molar-refractivity contribution in [1.29, 1.82) is 0 Å². The standard InChI is InChI=1S/C20H32O2/c1-3-16-8-9-19-15(5-4-10-20(16,19)2)7-6-14-11-17(21)13-18(22)12-14/h6-7,16-19,21-22H,3-5,8-13H2,1-2H3/b15-7+/t16-,17+,18+,19-,20+/m0/s1. The minimum Gasteiger partial charge on any atom is -0.393 e. The molecule has 2 N–H and O–H groups in total. The van der Waals surface area contributed by atoms with Crippen LogP contribution in [0.2, 0.25) is 0 Å². The number of allylic oxidation sites excluding steroid dienone is 3. The average molecular weight is 304 g/mol. The van der Waals surface area contributed by atoms with E-state index in [0.29, 0.717) is 11.8 Å². The molecule has 0 unspecified atom stereocenters. The molecule has 3 aliphatic carbocycles. The molecule has 0 aliphatic heterocycles. The lowest BCUT2D eigenvalue weighted by atomic mass is 9.63. The first-order chi connectivity index (χ1) is 10.5. The third-order valence-corrected chi connectivity index (χ3v) is 6.73. The predicted octanol–water partition coefficient (Wildman–Crippen LogP) is 4.37. The molecule has 2 heteroatoms. The lowest BCUT2D eigenvalue weighted by molar-refractivity contribution is 0.0609. The fraction of sp³-hybridized carbons (Fsp3) is 0.800. The maximum Gasteiger partial charge on any atom is 0.0602 e. The summed E-state index contributed by atoms with van der Waals surface area (Å²) in [5, 5.41) is 19.6. The van der Waals surface area contributed by atoms with Crippen LogP contribution in [-0.4, -0.2) is 22.4 Å². The highest BCUT2D eigenvalue weighted by Gasteiger charge is 2.48. The largest absolute Gasteiger partial charge is 0.393 e. The molecule has 3 rings (SSSR count). The van der Waals surface area contributed by atoms with E-state index in [0.717, 1.165) is 24.7 Å². The van der Waals surface area contributed by atoms with Crippen molar-refractivity contribution in [3.63, 3.8) is 0 Å². The van der Waals surface area contributed by atoms with Crippen molar-refractivity contribution >= 4 is 0 Å². The molecule has 0 radical (unpaired) electrons. The van der Waals surface area contributed by atoms with E-state index in [9.17, 15) is 10.2 Å². The van der Waals surface area contributed by atoms with Crippen LogP contribution in [0.5, 0.6) is 0 Å². The molecule has 3 saturated carbocycles. The molecule has 0 amide bonds. The Balaban J connectivity index is 1.76. The van der Waals surface area contributed by atoms with Gasteiger partial charge in [-0.05, 0) is 68.6 Å². The van der Waals surface area contributed by atoms with Crippen LogP contribution in [0.1, 0.15) is 71.6 Å². The Morgan fingerprint density at radius 1 is 1.14 bits per heavy atom. The molecular weight excluding hydrogens is 272 g/mol. The Bertz CT molecular complexity index is 452. The van der Waals surface area contributed by atoms with Crippen molar-refractivity contribution in [1.82, 2.24) is 0 Å². The third kappa shape index (κ3) is 3.05. The van der Waals surface area contributed by atoms with Gasteiger partial charge in [0.1, 0.15) is 0 Å². The monoisotopic (exact) mass is 304 g/mol. The van der Waals surface area contributed by atoms with E-state index in [1.54, 1.807) is 5.57 Å². The van der Waals surface area contributed by atoms with Gasteiger partial charge >= 0.3 is 0 Å². The molecule has 5 atom stereocenters. The third-order valence-electron chi connectivity index (χ3n) is 6.73. The van der Waals surface area contributed by atoms with Crippen LogP contribution in [0.3, 0.4) is 0 Å². The summed E-state index contributed by atoms with van der Waals surface area (Å²) in [7, 11) is 0. The summed E-state index contributed by atoms with van der Waals surface area (Å²) in [5.74, 6) is 1.66. The van der Waals surface area contributed by atoms with Crippen LogP contribution in [0.4, 0.5) is 0 Å². The molecular formula is C20H32O2. The Kier molecular flexibility index (Phi) is 4.80. The number of aliphatic hydroxyl groups is 2. The first-order valence-electron chi connectivity index (χ1n) is 9.27. The summed E-state index contributed by atoms with van der Waals surface area (Å²) >= 11 is 0. The van der Waals surface area contributed by atoms with Crippen molar-refractivity contribution in [2.45, 2.75) is 83.8 Å². The maximum atomic E-state index is 9.82. The molecule has 3 aliphatic rings. The Hall–Kier alpha value is -0.600. The van der Waals surface area contributed by atoms with Crippen molar-refractivity contribution < 1.29 is 10.2 Å². The number of hydrogen-bond donors (Lipinski definition) is 2. The van der Waals surface area contributed by atoms with Crippen LogP contribution in [0, 0.1) is 17.3 Å². The number of fused-ring (bicyclic) bond motifs is 1. The Morgan fingerprint density at radius 3 is 2.55 bits per heavy atom. The van der Waals surface area contributed by atoms with Crippen LogP contribution in [-0.2, 0) is 0 Å². The number of rotatable bonds is 2. The highest BCUT2D eigenvalue weighted by atomic mass is 16.3. The normalized spacial score (nSPS) is 44.2. The van der Waals surface area contributed by atoms with Gasteiger partial charge in [-0.25, -0.2) is 0 Å². The quantitative estimate of drug-likeness (QED) is 0.795. The number of aliphatic hydroxyl groups excluding tert-OH is 2. The van der Waals surface area contributed by atoms with E-state index in [2.05, 4.69) is 26.0 Å². The van der Waals surface area contributed by atoms with Gasteiger partial charge in [-0.15, -0.1) is 0 Å². The second-order valence-corrected chi connectivity index (χ2v) is 8.11. The minimum absolute atomic E-state index is 0.360. The van der Waals surface area contributed by atoms with Gasteiger partial charge in [0.25, 0.3) is 0 Å². The molecule has 124 valence electrons. The van der Waals surface area contributed by atoms with Crippen LogP contribution in [0.15, 0.2) is 23.3 Å². The Morgan fingerprint density at radius 2 is 1.86 bits per heavy atom. The van der Waals surface area contributed by atoms with Crippen molar-refractivity contribution in [2.24, 2.45) is 17.3 Å². The molecule has 3 fully saturated rings. The summed E-state index contributed by atoms with van der Waals surface area (Å²) in [6, 6.07) is 0. The molecule has 22 heavy (non-hydrogen) atoms. The van der Waals surface area contributed by atoms with Gasteiger partial charge in [-0.1, -0.05) is 43.6 Å². The molecule has 0 heterocycles. The maximum absolute atomic E-state index is 9.82. The van der Waals surface area contributed by atoms with Crippen molar-refractivity contribution in [3.8, 4) is 0 Å². The van der Waals surface area contributed by atoms with Crippen LogP contribution >= 0.6 is 0 Å². The van der Waals surface area contributed by atoms with Crippen molar-refractivity contribution in [3.05, 3.63) is 23.3 Å².